The maximum absolute atomic E-state index is 12.7. The Kier molecular flexibility index (Phi) is 6.57. The number of halogens is 3. The fourth-order valence-electron chi connectivity index (χ4n) is 2.57. The number of aliphatic carboxylic acids is 1. The fourth-order valence-corrected chi connectivity index (χ4v) is 4.12. The topological polar surface area (TPSA) is 79.3 Å². The predicted molar refractivity (Wildman–Crippen MR) is 111 cm³/mol. The lowest BCUT2D eigenvalue weighted by Crippen LogP contribution is -2.30. The second kappa shape index (κ2) is 8.92. The third-order valence-electron chi connectivity index (χ3n) is 3.88. The average Bonchev–Trinajstić information content (AvgIpc) is 3.13. The van der Waals surface area contributed by atoms with E-state index >= 15 is 0 Å². The third-order valence-corrected chi connectivity index (χ3v) is 5.92. The number of aromatic nitrogens is 1. The van der Waals surface area contributed by atoms with Gasteiger partial charge in [-0.1, -0.05) is 65.1 Å². The molecule has 0 aliphatic heterocycles. The molecule has 144 valence electrons. The van der Waals surface area contributed by atoms with Gasteiger partial charge in [0, 0.05) is 16.0 Å². The number of carboxylic acids is 1. The molecule has 1 aromatic heterocycles. The Morgan fingerprint density at radius 2 is 1.79 bits per heavy atom. The van der Waals surface area contributed by atoms with E-state index in [0.29, 0.717) is 31.2 Å². The number of carbonyl (C=O) groups is 2. The van der Waals surface area contributed by atoms with Crippen molar-refractivity contribution in [2.45, 2.75) is 12.5 Å². The van der Waals surface area contributed by atoms with Gasteiger partial charge in [-0.05, 0) is 17.7 Å². The monoisotopic (exact) mass is 454 g/mol. The van der Waals surface area contributed by atoms with E-state index in [9.17, 15) is 14.7 Å². The summed E-state index contributed by atoms with van der Waals surface area (Å²) < 4.78 is 0. The van der Waals surface area contributed by atoms with Gasteiger partial charge in [0.25, 0.3) is 5.91 Å². The summed E-state index contributed by atoms with van der Waals surface area (Å²) in [6.07, 6.45) is -0.313. The number of carbonyl (C=O) groups excluding carboxylic acids is 1. The molecule has 1 heterocycles. The molecule has 0 saturated heterocycles. The van der Waals surface area contributed by atoms with Crippen molar-refractivity contribution in [2.24, 2.45) is 0 Å². The minimum atomic E-state index is -1.06. The lowest BCUT2D eigenvalue weighted by molar-refractivity contribution is -0.137. The summed E-state index contributed by atoms with van der Waals surface area (Å²) in [5, 5.41) is 15.1. The summed E-state index contributed by atoms with van der Waals surface area (Å²) in [6, 6.07) is 11.1. The number of hydrogen-bond donors (Lipinski definition) is 2. The number of carboxylic acid groups (broad SMARTS) is 1. The van der Waals surface area contributed by atoms with Crippen LogP contribution in [0, 0.1) is 0 Å². The normalized spacial score (nSPS) is 11.8. The lowest BCUT2D eigenvalue weighted by atomic mass is 10.0. The van der Waals surface area contributed by atoms with Gasteiger partial charge in [-0.15, -0.1) is 11.3 Å². The fraction of sp³-hybridized carbons (Fsp3) is 0.105. The van der Waals surface area contributed by atoms with E-state index in [0.717, 1.165) is 0 Å². The molecule has 3 aromatic rings. The van der Waals surface area contributed by atoms with Gasteiger partial charge >= 0.3 is 5.97 Å². The minimum absolute atomic E-state index is 0.151. The molecular weight excluding hydrogens is 443 g/mol. The van der Waals surface area contributed by atoms with E-state index in [-0.39, 0.29) is 12.1 Å². The highest BCUT2D eigenvalue weighted by molar-refractivity contribution is 7.13. The van der Waals surface area contributed by atoms with Crippen LogP contribution >= 0.6 is 46.1 Å². The Morgan fingerprint density at radius 3 is 2.50 bits per heavy atom. The van der Waals surface area contributed by atoms with Crippen molar-refractivity contribution in [3.05, 3.63) is 74.2 Å². The number of benzene rings is 2. The Morgan fingerprint density at radius 1 is 1.07 bits per heavy atom. The van der Waals surface area contributed by atoms with Gasteiger partial charge in [-0.2, -0.15) is 0 Å². The van der Waals surface area contributed by atoms with Crippen LogP contribution in [-0.4, -0.2) is 22.0 Å². The van der Waals surface area contributed by atoms with Crippen molar-refractivity contribution in [2.75, 3.05) is 0 Å². The maximum Gasteiger partial charge on any atom is 0.305 e. The van der Waals surface area contributed by atoms with Crippen molar-refractivity contribution in [3.8, 4) is 10.6 Å². The van der Waals surface area contributed by atoms with Gasteiger partial charge in [0.05, 0.1) is 22.5 Å². The Hall–Kier alpha value is -2.12. The van der Waals surface area contributed by atoms with E-state index in [2.05, 4.69) is 10.3 Å². The number of thiazole rings is 1. The van der Waals surface area contributed by atoms with Crippen LogP contribution in [0.25, 0.3) is 10.6 Å². The molecule has 0 aliphatic carbocycles. The van der Waals surface area contributed by atoms with Crippen molar-refractivity contribution >= 4 is 58.0 Å². The second-order valence-electron chi connectivity index (χ2n) is 5.78. The van der Waals surface area contributed by atoms with E-state index in [1.54, 1.807) is 47.8 Å². The van der Waals surface area contributed by atoms with Gasteiger partial charge < -0.3 is 10.4 Å². The van der Waals surface area contributed by atoms with Crippen molar-refractivity contribution in [3.63, 3.8) is 0 Å². The zero-order valence-corrected chi connectivity index (χ0v) is 17.2. The first-order valence-electron chi connectivity index (χ1n) is 8.04. The summed E-state index contributed by atoms with van der Waals surface area (Å²) in [4.78, 5) is 28.2. The molecule has 2 N–H and O–H groups in total. The van der Waals surface area contributed by atoms with Crippen LogP contribution in [0.5, 0.6) is 0 Å². The quantitative estimate of drug-likeness (QED) is 0.498. The lowest BCUT2D eigenvalue weighted by Gasteiger charge is -2.18. The van der Waals surface area contributed by atoms with Crippen LogP contribution in [0.15, 0.2) is 47.8 Å². The van der Waals surface area contributed by atoms with Crippen molar-refractivity contribution in [1.82, 2.24) is 10.3 Å². The van der Waals surface area contributed by atoms with Gasteiger partial charge in [0.2, 0.25) is 0 Å². The number of nitrogens with one attached hydrogen (secondary N) is 1. The van der Waals surface area contributed by atoms with E-state index in [1.807, 2.05) is 0 Å². The molecule has 1 unspecified atom stereocenters. The van der Waals surface area contributed by atoms with E-state index in [1.165, 1.54) is 11.3 Å². The van der Waals surface area contributed by atoms with Crippen LogP contribution in [0.4, 0.5) is 0 Å². The summed E-state index contributed by atoms with van der Waals surface area (Å²) in [6.45, 7) is 0. The number of hydrogen-bond acceptors (Lipinski definition) is 4. The highest BCUT2D eigenvalue weighted by Crippen LogP contribution is 2.35. The SMILES string of the molecule is O=C(O)CC(NC(=O)c1csc(-c2cccc(Cl)c2Cl)n1)c1ccccc1Cl. The second-order valence-corrected chi connectivity index (χ2v) is 7.84. The van der Waals surface area contributed by atoms with Gasteiger partial charge in [-0.25, -0.2) is 4.98 Å². The largest absolute Gasteiger partial charge is 0.481 e. The average molecular weight is 456 g/mol. The zero-order chi connectivity index (χ0) is 20.3. The standard InChI is InChI=1S/C19H13Cl3N2O3S/c20-12-6-2-1-4-10(12)14(8-16(25)26)23-18(27)15-9-28-19(24-15)11-5-3-7-13(21)17(11)22/h1-7,9,14H,8H2,(H,23,27)(H,25,26). The molecule has 0 spiro atoms. The van der Waals surface area contributed by atoms with E-state index < -0.39 is 17.9 Å². The molecular formula is C19H13Cl3N2O3S. The van der Waals surface area contributed by atoms with E-state index in [4.69, 9.17) is 34.8 Å². The maximum atomic E-state index is 12.7. The smallest absolute Gasteiger partial charge is 0.305 e. The van der Waals surface area contributed by atoms with Crippen LogP contribution < -0.4 is 5.32 Å². The van der Waals surface area contributed by atoms with Crippen LogP contribution in [0.3, 0.4) is 0 Å². The molecule has 9 heteroatoms. The zero-order valence-electron chi connectivity index (χ0n) is 14.2. The minimum Gasteiger partial charge on any atom is -0.481 e. The molecule has 0 bridgehead atoms. The van der Waals surface area contributed by atoms with Crippen LogP contribution in [0.1, 0.15) is 28.5 Å². The highest BCUT2D eigenvalue weighted by atomic mass is 35.5. The summed E-state index contributed by atoms with van der Waals surface area (Å²) in [7, 11) is 0. The van der Waals surface area contributed by atoms with Gasteiger partial charge in [0.15, 0.2) is 0 Å². The molecule has 5 nitrogen and oxygen atoms in total. The number of nitrogens with zero attached hydrogens (tertiary/aromatic N) is 1. The first-order chi connectivity index (χ1) is 13.4. The van der Waals surface area contributed by atoms with Crippen LogP contribution in [0.2, 0.25) is 15.1 Å². The first kappa shape index (κ1) is 20.6. The summed E-state index contributed by atoms with van der Waals surface area (Å²) in [5.41, 5.74) is 1.29. The Balaban J connectivity index is 1.85. The molecule has 0 aliphatic rings. The Labute approximate surface area is 179 Å². The molecule has 1 amide bonds. The molecule has 0 saturated carbocycles. The molecule has 2 aromatic carbocycles. The molecule has 0 fully saturated rings. The first-order valence-corrected chi connectivity index (χ1v) is 10.0. The number of rotatable bonds is 6. The van der Waals surface area contributed by atoms with Crippen molar-refractivity contribution < 1.29 is 14.7 Å². The molecule has 28 heavy (non-hydrogen) atoms. The molecule has 1 atom stereocenters. The predicted octanol–water partition coefficient (Wildman–Crippen LogP) is 5.72. The Bertz CT molecular complexity index is 1040. The van der Waals surface area contributed by atoms with Crippen molar-refractivity contribution in [1.29, 1.82) is 0 Å². The third kappa shape index (κ3) is 4.64. The molecule has 3 rings (SSSR count). The molecule has 0 radical (unpaired) electrons. The number of amides is 1. The highest BCUT2D eigenvalue weighted by Gasteiger charge is 2.22. The summed E-state index contributed by atoms with van der Waals surface area (Å²) in [5.74, 6) is -1.57. The summed E-state index contributed by atoms with van der Waals surface area (Å²) >= 11 is 19.6. The van der Waals surface area contributed by atoms with Gasteiger partial charge in [0.1, 0.15) is 10.7 Å². The van der Waals surface area contributed by atoms with Gasteiger partial charge in [-0.3, -0.25) is 9.59 Å². The van der Waals surface area contributed by atoms with Crippen LogP contribution in [-0.2, 0) is 4.79 Å².